The largest absolute Gasteiger partial charge is 0.390 e. The molecule has 0 radical (unpaired) electrons. The van der Waals surface area contributed by atoms with Gasteiger partial charge < -0.3 is 34.3 Å². The zero-order valence-electron chi connectivity index (χ0n) is 29.0. The molecule has 3 heterocycles. The van der Waals surface area contributed by atoms with Gasteiger partial charge in [-0.2, -0.15) is 0 Å². The minimum Gasteiger partial charge on any atom is -0.390 e. The van der Waals surface area contributed by atoms with E-state index in [-0.39, 0.29) is 40.7 Å². The second kappa shape index (κ2) is 10.1. The predicted octanol–water partition coefficient (Wildman–Crippen LogP) is 4.37. The number of fused-ring (bicyclic) bond motifs is 4. The molecule has 1 unspecified atom stereocenters. The van der Waals surface area contributed by atoms with Gasteiger partial charge in [-0.15, -0.1) is 0 Å². The summed E-state index contributed by atoms with van der Waals surface area (Å²) in [6, 6.07) is 0.517. The van der Waals surface area contributed by atoms with Crippen LogP contribution in [-0.2, 0) is 18.9 Å². The van der Waals surface area contributed by atoms with Gasteiger partial charge in [-0.1, -0.05) is 34.6 Å². The molecule has 256 valence electrons. The summed E-state index contributed by atoms with van der Waals surface area (Å²) in [5.74, 6) is 1.67. The summed E-state index contributed by atoms with van der Waals surface area (Å²) in [6.07, 6.45) is 6.81. The Kier molecular flexibility index (Phi) is 7.18. The number of aliphatic hydroxyl groups excluding tert-OH is 2. The van der Waals surface area contributed by atoms with Crippen molar-refractivity contribution in [3.8, 4) is 0 Å². The number of morpholine rings is 1. The van der Waals surface area contributed by atoms with E-state index in [0.717, 1.165) is 58.6 Å². The number of hydrogen-bond acceptors (Lipinski definition) is 8. The van der Waals surface area contributed by atoms with Gasteiger partial charge in [0.15, 0.2) is 6.29 Å². The Morgan fingerprint density at radius 3 is 2.38 bits per heavy atom. The van der Waals surface area contributed by atoms with Gasteiger partial charge >= 0.3 is 0 Å². The van der Waals surface area contributed by atoms with Crippen molar-refractivity contribution in [2.45, 2.75) is 148 Å². The maximum atomic E-state index is 12.4. The van der Waals surface area contributed by atoms with E-state index in [1.165, 1.54) is 25.7 Å². The van der Waals surface area contributed by atoms with Crippen LogP contribution in [0.4, 0.5) is 0 Å². The van der Waals surface area contributed by atoms with E-state index in [2.05, 4.69) is 39.5 Å². The monoisotopic (exact) mass is 631 g/mol. The third-order valence-electron chi connectivity index (χ3n) is 16.4. The van der Waals surface area contributed by atoms with Gasteiger partial charge in [0, 0.05) is 12.0 Å². The Bertz CT molecular complexity index is 1170. The molecule has 0 aromatic heterocycles. The fourth-order valence-corrected chi connectivity index (χ4v) is 13.9. The van der Waals surface area contributed by atoms with E-state index in [1.54, 1.807) is 13.8 Å². The van der Waals surface area contributed by atoms with Crippen LogP contribution in [-0.4, -0.2) is 102 Å². The van der Waals surface area contributed by atoms with Crippen LogP contribution in [0.5, 0.6) is 0 Å². The topological polar surface area (TPSA) is 101 Å². The Balaban J connectivity index is 1.03. The van der Waals surface area contributed by atoms with Gasteiger partial charge in [-0.25, -0.2) is 0 Å². The third kappa shape index (κ3) is 4.12. The quantitative estimate of drug-likeness (QED) is 0.412. The molecule has 8 nitrogen and oxygen atoms in total. The summed E-state index contributed by atoms with van der Waals surface area (Å²) < 4.78 is 25.2. The minimum absolute atomic E-state index is 0.0147. The number of nitrogens with zero attached hydrogens (tertiary/aromatic N) is 1. The molecule has 0 amide bonds. The van der Waals surface area contributed by atoms with Gasteiger partial charge in [0.05, 0.1) is 62.4 Å². The van der Waals surface area contributed by atoms with E-state index >= 15 is 0 Å². The van der Waals surface area contributed by atoms with Crippen LogP contribution in [0, 0.1) is 50.7 Å². The van der Waals surface area contributed by atoms with Crippen LogP contribution < -0.4 is 0 Å². The summed E-state index contributed by atoms with van der Waals surface area (Å²) in [5.41, 5.74) is -0.794. The van der Waals surface area contributed by atoms with E-state index in [4.69, 9.17) is 18.9 Å². The summed E-state index contributed by atoms with van der Waals surface area (Å²) in [7, 11) is 0. The molecule has 0 aromatic carbocycles. The van der Waals surface area contributed by atoms with Gasteiger partial charge in [0.25, 0.3) is 0 Å². The average molecular weight is 632 g/mol. The fraction of sp³-hybridized carbons (Fsp3) is 1.00. The fourth-order valence-electron chi connectivity index (χ4n) is 13.9. The molecule has 8 rings (SSSR count). The Hall–Kier alpha value is -0.320. The number of ether oxygens (including phenoxy) is 4. The van der Waals surface area contributed by atoms with E-state index < -0.39 is 23.9 Å². The molecule has 2 spiro atoms. The summed E-state index contributed by atoms with van der Waals surface area (Å²) in [4.78, 5) is 2.50. The molecule has 8 heteroatoms. The Morgan fingerprint density at radius 2 is 1.69 bits per heavy atom. The van der Waals surface area contributed by atoms with E-state index in [0.29, 0.717) is 34.6 Å². The molecular formula is C37H61NO7. The maximum absolute atomic E-state index is 12.4. The molecule has 0 bridgehead atoms. The zero-order valence-corrected chi connectivity index (χ0v) is 29.0. The minimum atomic E-state index is -1.24. The Morgan fingerprint density at radius 1 is 0.978 bits per heavy atom. The first-order chi connectivity index (χ1) is 21.1. The van der Waals surface area contributed by atoms with Crippen molar-refractivity contribution in [3.63, 3.8) is 0 Å². The molecule has 3 aliphatic heterocycles. The zero-order chi connectivity index (χ0) is 31.9. The van der Waals surface area contributed by atoms with Crippen molar-refractivity contribution in [2.75, 3.05) is 32.9 Å². The summed E-state index contributed by atoms with van der Waals surface area (Å²) in [5, 5.41) is 34.1. The van der Waals surface area contributed by atoms with E-state index in [1.807, 2.05) is 0 Å². The highest BCUT2D eigenvalue weighted by Crippen LogP contribution is 2.89. The van der Waals surface area contributed by atoms with Crippen LogP contribution in [0.1, 0.15) is 99.8 Å². The molecule has 8 fully saturated rings. The van der Waals surface area contributed by atoms with Crippen LogP contribution in [0.25, 0.3) is 0 Å². The summed E-state index contributed by atoms with van der Waals surface area (Å²) >= 11 is 0. The molecule has 5 saturated carbocycles. The molecule has 8 aliphatic rings. The molecule has 3 saturated heterocycles. The smallest absolute Gasteiger partial charge is 0.170 e. The lowest BCUT2D eigenvalue weighted by Gasteiger charge is -2.64. The van der Waals surface area contributed by atoms with Crippen molar-refractivity contribution >= 4 is 0 Å². The Labute approximate surface area is 270 Å². The highest BCUT2D eigenvalue weighted by Gasteiger charge is 2.84. The average Bonchev–Trinajstić information content (AvgIpc) is 3.57. The van der Waals surface area contributed by atoms with Gasteiger partial charge in [-0.05, 0) is 111 Å². The SMILES string of the molecule is C[C@@H]1C[C@H]([C@H](O)C(C)(C)O)O[C@H]2[C@H]1[C@@]1(C)CCC34C[C@@]35CC[C@H](O[C@H]3CN(C6COC6)CCO3)C(C)(C)[C@@H]5CC[C@H]4[C@]1(C)[C@H]2O. The number of hydrogen-bond donors (Lipinski definition) is 3. The van der Waals surface area contributed by atoms with Gasteiger partial charge in [0.2, 0.25) is 0 Å². The predicted molar refractivity (Wildman–Crippen MR) is 169 cm³/mol. The highest BCUT2D eigenvalue weighted by atomic mass is 16.7. The van der Waals surface area contributed by atoms with Crippen LogP contribution in [0.15, 0.2) is 0 Å². The van der Waals surface area contributed by atoms with Crippen molar-refractivity contribution in [1.29, 1.82) is 0 Å². The van der Waals surface area contributed by atoms with E-state index in [9.17, 15) is 15.3 Å². The van der Waals surface area contributed by atoms with Crippen molar-refractivity contribution in [2.24, 2.45) is 50.7 Å². The molecule has 5 aliphatic carbocycles. The second-order valence-electron chi connectivity index (χ2n) is 18.8. The van der Waals surface area contributed by atoms with Crippen LogP contribution in [0.3, 0.4) is 0 Å². The number of aliphatic hydroxyl groups is 3. The highest BCUT2D eigenvalue weighted by molar-refractivity contribution is 5.33. The van der Waals surface area contributed by atoms with Crippen molar-refractivity contribution in [1.82, 2.24) is 4.90 Å². The lowest BCUT2D eigenvalue weighted by Crippen LogP contribution is -2.60. The first kappa shape index (κ1) is 31.9. The van der Waals surface area contributed by atoms with Crippen LogP contribution >= 0.6 is 0 Å². The first-order valence-corrected chi connectivity index (χ1v) is 18.4. The maximum Gasteiger partial charge on any atom is 0.170 e. The molecule has 45 heavy (non-hydrogen) atoms. The molecule has 0 aromatic rings. The summed E-state index contributed by atoms with van der Waals surface area (Å²) in [6.45, 7) is 19.7. The normalized spacial score (nSPS) is 54.9. The second-order valence-corrected chi connectivity index (χ2v) is 18.8. The van der Waals surface area contributed by atoms with Crippen LogP contribution in [0.2, 0.25) is 0 Å². The van der Waals surface area contributed by atoms with Crippen molar-refractivity contribution in [3.05, 3.63) is 0 Å². The third-order valence-corrected chi connectivity index (χ3v) is 16.4. The molecule has 3 N–H and O–H groups in total. The first-order valence-electron chi connectivity index (χ1n) is 18.4. The van der Waals surface area contributed by atoms with Gasteiger partial charge in [-0.3, -0.25) is 4.90 Å². The van der Waals surface area contributed by atoms with Crippen molar-refractivity contribution < 1.29 is 34.3 Å². The lowest BCUT2D eigenvalue weighted by molar-refractivity contribution is -0.256. The number of rotatable bonds is 5. The lowest BCUT2D eigenvalue weighted by atomic mass is 9.41. The molecule has 14 atom stereocenters. The molecular weight excluding hydrogens is 570 g/mol. The van der Waals surface area contributed by atoms with Gasteiger partial charge in [0.1, 0.15) is 6.10 Å². The standard InChI is InChI=1S/C37H61NO7/c1-21-16-23(30(39)33(4,5)41)44-29-28(21)34(6)12-13-37-20-36(37)11-10-26(45-27-17-38(14-15-43-27)22-18-42-19-22)32(2,3)24(36)8-9-25(37)35(34,7)31(29)40/h21-31,39-41H,8-20H2,1-7H3/t21-,23-,24+,25+,26+,27+,28+,29+,30+,31+,34-,35-,36-,37?/m1/s1.